The topological polar surface area (TPSA) is 72.9 Å². The normalized spacial score (nSPS) is 11.1. The maximum atomic E-state index is 13.8. The molecule has 0 saturated heterocycles. The minimum Gasteiger partial charge on any atom is -0.497 e. The van der Waals surface area contributed by atoms with E-state index in [2.05, 4.69) is 0 Å². The van der Waals surface area contributed by atoms with Crippen LogP contribution in [0.3, 0.4) is 0 Å². The van der Waals surface area contributed by atoms with Crippen molar-refractivity contribution in [1.29, 1.82) is 0 Å². The lowest BCUT2D eigenvalue weighted by Gasteiger charge is -2.28. The maximum absolute atomic E-state index is 13.8. The van der Waals surface area contributed by atoms with Gasteiger partial charge >= 0.3 is 5.97 Å². The monoisotopic (exact) mass is 439 g/mol. The van der Waals surface area contributed by atoms with Gasteiger partial charge in [0.25, 0.3) is 10.0 Å². The average molecular weight is 440 g/mol. The second-order valence-corrected chi connectivity index (χ2v) is 9.00. The molecule has 0 aliphatic heterocycles. The Hall–Kier alpha value is -3.32. The van der Waals surface area contributed by atoms with Crippen molar-refractivity contribution in [2.24, 2.45) is 0 Å². The summed E-state index contributed by atoms with van der Waals surface area (Å²) in [6.07, 6.45) is 0. The lowest BCUT2D eigenvalue weighted by molar-refractivity contribution is 0.0601. The number of nitrogens with zero attached hydrogens (tertiary/aromatic N) is 1. The molecule has 3 aromatic rings. The standard InChI is InChI=1S/C24H25NO5S/c1-17-14-18(2)23(22(15-17)24(26)30-4)25(16-19-8-6-5-7-9-19)31(27,28)21-12-10-20(29-3)11-13-21/h5-15H,16H2,1-4H3. The van der Waals surface area contributed by atoms with Crippen molar-refractivity contribution in [3.8, 4) is 5.75 Å². The maximum Gasteiger partial charge on any atom is 0.340 e. The molecule has 0 aromatic heterocycles. The number of ether oxygens (including phenoxy) is 2. The van der Waals surface area contributed by atoms with E-state index in [1.165, 1.54) is 30.7 Å². The van der Waals surface area contributed by atoms with E-state index in [9.17, 15) is 13.2 Å². The molecule has 3 aromatic carbocycles. The number of sulfonamides is 1. The summed E-state index contributed by atoms with van der Waals surface area (Å²) in [6.45, 7) is 3.70. The van der Waals surface area contributed by atoms with Crippen LogP contribution in [0.15, 0.2) is 71.6 Å². The van der Waals surface area contributed by atoms with Crippen molar-refractivity contribution in [2.75, 3.05) is 18.5 Å². The Morgan fingerprint density at radius 2 is 1.58 bits per heavy atom. The zero-order valence-electron chi connectivity index (χ0n) is 18.0. The van der Waals surface area contributed by atoms with E-state index in [1.54, 1.807) is 25.1 Å². The Morgan fingerprint density at radius 3 is 2.16 bits per heavy atom. The van der Waals surface area contributed by atoms with Crippen molar-refractivity contribution < 1.29 is 22.7 Å². The van der Waals surface area contributed by atoms with Crippen molar-refractivity contribution in [3.63, 3.8) is 0 Å². The smallest absolute Gasteiger partial charge is 0.340 e. The molecule has 0 amide bonds. The summed E-state index contributed by atoms with van der Waals surface area (Å²) in [5.41, 5.74) is 2.79. The van der Waals surface area contributed by atoms with Crippen molar-refractivity contribution in [2.45, 2.75) is 25.3 Å². The van der Waals surface area contributed by atoms with Crippen LogP contribution in [0, 0.1) is 13.8 Å². The lowest BCUT2D eigenvalue weighted by Crippen LogP contribution is -2.33. The van der Waals surface area contributed by atoms with Crippen molar-refractivity contribution >= 4 is 21.7 Å². The Balaban J connectivity index is 2.24. The highest BCUT2D eigenvalue weighted by Crippen LogP contribution is 2.34. The third-order valence-corrected chi connectivity index (χ3v) is 6.68. The highest BCUT2D eigenvalue weighted by atomic mass is 32.2. The molecule has 0 bridgehead atoms. The molecule has 7 heteroatoms. The Kier molecular flexibility index (Phi) is 6.65. The summed E-state index contributed by atoms with van der Waals surface area (Å²) in [7, 11) is -1.21. The molecular weight excluding hydrogens is 414 g/mol. The lowest BCUT2D eigenvalue weighted by atomic mass is 10.0. The first kappa shape index (κ1) is 22.4. The predicted octanol–water partition coefficient (Wildman–Crippen LogP) is 4.49. The molecule has 0 aliphatic carbocycles. The largest absolute Gasteiger partial charge is 0.497 e. The number of methoxy groups -OCH3 is 2. The van der Waals surface area contributed by atoms with Crippen LogP contribution in [0.25, 0.3) is 0 Å². The van der Waals surface area contributed by atoms with Gasteiger partial charge in [0.05, 0.1) is 36.9 Å². The van der Waals surface area contributed by atoms with Crippen molar-refractivity contribution in [3.05, 3.63) is 89.0 Å². The number of carbonyl (C=O) groups excluding carboxylic acids is 1. The second-order valence-electron chi connectivity index (χ2n) is 7.14. The van der Waals surface area contributed by atoms with Gasteiger partial charge in [0.2, 0.25) is 0 Å². The first-order valence-corrected chi connectivity index (χ1v) is 11.1. The number of hydrogen-bond donors (Lipinski definition) is 0. The number of benzene rings is 3. The summed E-state index contributed by atoms with van der Waals surface area (Å²) in [6, 6.07) is 18.9. The molecule has 162 valence electrons. The SMILES string of the molecule is COC(=O)c1cc(C)cc(C)c1N(Cc1ccccc1)S(=O)(=O)c1ccc(OC)cc1. The molecule has 31 heavy (non-hydrogen) atoms. The van der Waals surface area contributed by atoms with Crippen LogP contribution in [-0.2, 0) is 21.3 Å². The number of esters is 1. The Bertz CT molecular complexity index is 1170. The zero-order chi connectivity index (χ0) is 22.6. The molecule has 6 nitrogen and oxygen atoms in total. The Labute approximate surface area is 183 Å². The van der Waals surface area contributed by atoms with Gasteiger partial charge in [-0.1, -0.05) is 36.4 Å². The molecule has 0 spiro atoms. The van der Waals surface area contributed by atoms with Gasteiger partial charge in [0, 0.05) is 0 Å². The van der Waals surface area contributed by atoms with Crippen molar-refractivity contribution in [1.82, 2.24) is 0 Å². The second kappa shape index (κ2) is 9.22. The molecule has 0 saturated carbocycles. The number of aryl methyl sites for hydroxylation is 2. The van der Waals surface area contributed by atoms with Crippen LogP contribution in [0.2, 0.25) is 0 Å². The van der Waals surface area contributed by atoms with E-state index < -0.39 is 16.0 Å². The van der Waals surface area contributed by atoms with Crippen LogP contribution in [0.1, 0.15) is 27.0 Å². The fourth-order valence-electron chi connectivity index (χ4n) is 3.46. The summed E-state index contributed by atoms with van der Waals surface area (Å²) in [5.74, 6) is -0.0416. The number of anilines is 1. The molecule has 0 heterocycles. The van der Waals surface area contributed by atoms with Gasteiger partial charge in [-0.3, -0.25) is 4.31 Å². The molecule has 0 aliphatic rings. The van der Waals surface area contributed by atoms with Gasteiger partial charge < -0.3 is 9.47 Å². The van der Waals surface area contributed by atoms with Crippen LogP contribution < -0.4 is 9.04 Å². The molecule has 0 radical (unpaired) electrons. The fourth-order valence-corrected chi connectivity index (χ4v) is 5.00. The molecule has 0 N–H and O–H groups in total. The number of hydrogen-bond acceptors (Lipinski definition) is 5. The van der Waals surface area contributed by atoms with Gasteiger partial charge in [-0.15, -0.1) is 0 Å². The minimum absolute atomic E-state index is 0.0586. The first-order valence-electron chi connectivity index (χ1n) is 9.68. The summed E-state index contributed by atoms with van der Waals surface area (Å²) < 4.78 is 38.9. The van der Waals surface area contributed by atoms with Crippen LogP contribution >= 0.6 is 0 Å². The van der Waals surface area contributed by atoms with E-state index in [0.29, 0.717) is 17.0 Å². The van der Waals surface area contributed by atoms with Crippen LogP contribution in [0.4, 0.5) is 5.69 Å². The van der Waals surface area contributed by atoms with E-state index in [-0.39, 0.29) is 17.0 Å². The minimum atomic E-state index is -4.01. The predicted molar refractivity (Wildman–Crippen MR) is 120 cm³/mol. The highest BCUT2D eigenvalue weighted by molar-refractivity contribution is 7.92. The quantitative estimate of drug-likeness (QED) is 0.507. The van der Waals surface area contributed by atoms with Crippen LogP contribution in [-0.4, -0.2) is 28.6 Å². The average Bonchev–Trinajstić information content (AvgIpc) is 2.77. The Morgan fingerprint density at radius 1 is 0.935 bits per heavy atom. The van der Waals surface area contributed by atoms with Gasteiger partial charge in [0.1, 0.15) is 5.75 Å². The number of rotatable bonds is 7. The summed E-state index contributed by atoms with van der Waals surface area (Å²) in [5, 5.41) is 0. The number of carbonyl (C=O) groups is 1. The van der Waals surface area contributed by atoms with Gasteiger partial charge in [-0.2, -0.15) is 0 Å². The van der Waals surface area contributed by atoms with E-state index in [1.807, 2.05) is 43.3 Å². The molecule has 0 atom stereocenters. The molecule has 0 unspecified atom stereocenters. The van der Waals surface area contributed by atoms with Gasteiger partial charge in [-0.05, 0) is 60.9 Å². The van der Waals surface area contributed by atoms with Gasteiger partial charge in [-0.25, -0.2) is 13.2 Å². The zero-order valence-corrected chi connectivity index (χ0v) is 18.8. The third kappa shape index (κ3) is 4.72. The van der Waals surface area contributed by atoms with E-state index in [0.717, 1.165) is 11.1 Å². The first-order chi connectivity index (χ1) is 14.8. The summed E-state index contributed by atoms with van der Waals surface area (Å²) >= 11 is 0. The van der Waals surface area contributed by atoms with E-state index in [4.69, 9.17) is 9.47 Å². The summed E-state index contributed by atoms with van der Waals surface area (Å²) in [4.78, 5) is 12.7. The van der Waals surface area contributed by atoms with Crippen LogP contribution in [0.5, 0.6) is 5.75 Å². The van der Waals surface area contributed by atoms with E-state index >= 15 is 0 Å². The molecule has 3 rings (SSSR count). The fraction of sp³-hybridized carbons (Fsp3) is 0.208. The molecule has 0 fully saturated rings. The highest BCUT2D eigenvalue weighted by Gasteiger charge is 2.30. The van der Waals surface area contributed by atoms with Gasteiger partial charge in [0.15, 0.2) is 0 Å². The third-order valence-electron chi connectivity index (χ3n) is 4.92. The molecular formula is C24H25NO5S.